The SMILES string of the molecule is c1ccc(-c2nc(-c3cccc(-c4ccc(-c5ccc6oc7ccccc7c6c5)cc4)c3)nc(-c3ccc4c(c3)oc3ccccc34)n2)cc1. The van der Waals surface area contributed by atoms with Crippen LogP contribution in [0.1, 0.15) is 0 Å². The van der Waals surface area contributed by atoms with Gasteiger partial charge in [0.25, 0.3) is 0 Å². The van der Waals surface area contributed by atoms with E-state index in [2.05, 4.69) is 91.0 Å². The molecule has 10 aromatic rings. The summed E-state index contributed by atoms with van der Waals surface area (Å²) in [7, 11) is 0. The van der Waals surface area contributed by atoms with Gasteiger partial charge < -0.3 is 8.83 Å². The second-order valence-corrected chi connectivity index (χ2v) is 12.4. The minimum absolute atomic E-state index is 0.591. The molecule has 5 nitrogen and oxygen atoms in total. The first-order valence-electron chi connectivity index (χ1n) is 16.6. The summed E-state index contributed by atoms with van der Waals surface area (Å²) in [6.07, 6.45) is 0. The fraction of sp³-hybridized carbons (Fsp3) is 0. The average Bonchev–Trinajstić information content (AvgIpc) is 3.76. The molecule has 50 heavy (non-hydrogen) atoms. The van der Waals surface area contributed by atoms with E-state index in [0.717, 1.165) is 82.8 Å². The minimum Gasteiger partial charge on any atom is -0.456 e. The van der Waals surface area contributed by atoms with Crippen molar-refractivity contribution < 1.29 is 8.83 Å². The van der Waals surface area contributed by atoms with Crippen LogP contribution in [-0.4, -0.2) is 15.0 Å². The van der Waals surface area contributed by atoms with Gasteiger partial charge in [-0.2, -0.15) is 0 Å². The smallest absolute Gasteiger partial charge is 0.164 e. The molecule has 0 aliphatic heterocycles. The van der Waals surface area contributed by atoms with Crippen LogP contribution in [0.3, 0.4) is 0 Å². The van der Waals surface area contributed by atoms with E-state index in [9.17, 15) is 0 Å². The summed E-state index contributed by atoms with van der Waals surface area (Å²) >= 11 is 0. The lowest BCUT2D eigenvalue weighted by atomic mass is 9.98. The van der Waals surface area contributed by atoms with E-state index in [1.54, 1.807) is 0 Å². The molecule has 234 valence electrons. The van der Waals surface area contributed by atoms with Crippen LogP contribution < -0.4 is 0 Å². The summed E-state index contributed by atoms with van der Waals surface area (Å²) in [5, 5.41) is 4.41. The lowest BCUT2D eigenvalue weighted by Crippen LogP contribution is -2.00. The summed E-state index contributed by atoms with van der Waals surface area (Å²) in [6.45, 7) is 0. The Bertz CT molecular complexity index is 2870. The average molecular weight is 642 g/mol. The van der Waals surface area contributed by atoms with Gasteiger partial charge in [-0.1, -0.05) is 121 Å². The van der Waals surface area contributed by atoms with Crippen LogP contribution in [0.4, 0.5) is 0 Å². The van der Waals surface area contributed by atoms with Crippen molar-refractivity contribution in [2.75, 3.05) is 0 Å². The molecule has 0 radical (unpaired) electrons. The maximum atomic E-state index is 6.20. The Morgan fingerprint density at radius 3 is 1.44 bits per heavy atom. The predicted octanol–water partition coefficient (Wildman–Crippen LogP) is 12.0. The van der Waals surface area contributed by atoms with Crippen LogP contribution in [0.15, 0.2) is 173 Å². The van der Waals surface area contributed by atoms with Crippen LogP contribution in [0.25, 0.3) is 100 Å². The fourth-order valence-electron chi connectivity index (χ4n) is 6.81. The van der Waals surface area contributed by atoms with Crippen LogP contribution in [0.5, 0.6) is 0 Å². The van der Waals surface area contributed by atoms with E-state index < -0.39 is 0 Å². The Balaban J connectivity index is 1.03. The molecule has 0 spiro atoms. The molecule has 7 aromatic carbocycles. The topological polar surface area (TPSA) is 65.0 Å². The first kappa shape index (κ1) is 28.2. The Kier molecular flexibility index (Phi) is 6.42. The highest BCUT2D eigenvalue weighted by Crippen LogP contribution is 2.35. The number of hydrogen-bond acceptors (Lipinski definition) is 5. The van der Waals surface area contributed by atoms with Gasteiger partial charge in [0.15, 0.2) is 17.5 Å². The number of aromatic nitrogens is 3. The first-order chi connectivity index (χ1) is 24.7. The largest absolute Gasteiger partial charge is 0.456 e. The molecule has 0 N–H and O–H groups in total. The van der Waals surface area contributed by atoms with Gasteiger partial charge in [0.05, 0.1) is 0 Å². The zero-order valence-corrected chi connectivity index (χ0v) is 26.7. The molecule has 3 aromatic heterocycles. The highest BCUT2D eigenvalue weighted by atomic mass is 16.3. The predicted molar refractivity (Wildman–Crippen MR) is 202 cm³/mol. The standard InChI is InChI=1S/C45H27N3O2/c1-2-9-30(10-3-1)43-46-44(48-45(47-43)34-21-23-37-35-13-4-6-15-39(35)50-42(37)27-34)33-12-8-11-31(25-33)28-17-19-29(20-18-28)32-22-24-41-38(26-32)36-14-5-7-16-40(36)49-41/h1-27H. The van der Waals surface area contributed by atoms with Gasteiger partial charge in [0.1, 0.15) is 22.3 Å². The van der Waals surface area contributed by atoms with Gasteiger partial charge in [-0.05, 0) is 64.7 Å². The van der Waals surface area contributed by atoms with Crippen LogP contribution in [0, 0.1) is 0 Å². The molecule has 0 saturated carbocycles. The molecule has 0 atom stereocenters. The highest BCUT2D eigenvalue weighted by Gasteiger charge is 2.15. The summed E-state index contributed by atoms with van der Waals surface area (Å²) < 4.78 is 12.2. The Hall–Kier alpha value is -6.85. The number of hydrogen-bond donors (Lipinski definition) is 0. The minimum atomic E-state index is 0.591. The fourth-order valence-corrected chi connectivity index (χ4v) is 6.81. The summed E-state index contributed by atoms with van der Waals surface area (Å²) in [5.41, 5.74) is 10.7. The number of nitrogens with zero attached hydrogens (tertiary/aromatic N) is 3. The Labute approximate surface area is 287 Å². The van der Waals surface area contributed by atoms with Crippen molar-refractivity contribution in [3.8, 4) is 56.4 Å². The number of fused-ring (bicyclic) bond motifs is 6. The zero-order chi connectivity index (χ0) is 33.0. The van der Waals surface area contributed by atoms with Crippen molar-refractivity contribution in [1.82, 2.24) is 15.0 Å². The third-order valence-corrected chi connectivity index (χ3v) is 9.35. The van der Waals surface area contributed by atoms with Gasteiger partial charge in [-0.25, -0.2) is 15.0 Å². The lowest BCUT2D eigenvalue weighted by Gasteiger charge is -2.10. The summed E-state index contributed by atoms with van der Waals surface area (Å²) in [5.74, 6) is 1.82. The van der Waals surface area contributed by atoms with Gasteiger partial charge in [-0.15, -0.1) is 0 Å². The second-order valence-electron chi connectivity index (χ2n) is 12.4. The second kappa shape index (κ2) is 11.4. The zero-order valence-electron chi connectivity index (χ0n) is 26.7. The van der Waals surface area contributed by atoms with E-state index in [4.69, 9.17) is 23.8 Å². The van der Waals surface area contributed by atoms with Gasteiger partial charge in [-0.3, -0.25) is 0 Å². The Morgan fingerprint density at radius 1 is 0.260 bits per heavy atom. The molecular formula is C45H27N3O2. The molecule has 3 heterocycles. The summed E-state index contributed by atoms with van der Waals surface area (Å²) in [4.78, 5) is 14.9. The maximum Gasteiger partial charge on any atom is 0.164 e. The Morgan fingerprint density at radius 2 is 0.720 bits per heavy atom. The third-order valence-electron chi connectivity index (χ3n) is 9.35. The molecule has 0 aliphatic rings. The quantitative estimate of drug-likeness (QED) is 0.187. The van der Waals surface area contributed by atoms with E-state index >= 15 is 0 Å². The van der Waals surface area contributed by atoms with Crippen LogP contribution in [0.2, 0.25) is 0 Å². The van der Waals surface area contributed by atoms with Crippen molar-refractivity contribution >= 4 is 43.9 Å². The normalized spacial score (nSPS) is 11.6. The van der Waals surface area contributed by atoms with E-state index in [1.807, 2.05) is 72.8 Å². The number of furan rings is 2. The van der Waals surface area contributed by atoms with Crippen molar-refractivity contribution in [1.29, 1.82) is 0 Å². The molecule has 0 fully saturated rings. The maximum absolute atomic E-state index is 6.20. The van der Waals surface area contributed by atoms with Crippen molar-refractivity contribution in [2.45, 2.75) is 0 Å². The van der Waals surface area contributed by atoms with Crippen LogP contribution in [-0.2, 0) is 0 Å². The number of benzene rings is 7. The van der Waals surface area contributed by atoms with E-state index in [0.29, 0.717) is 17.5 Å². The van der Waals surface area contributed by atoms with Crippen molar-refractivity contribution in [3.05, 3.63) is 164 Å². The molecular weight excluding hydrogens is 615 g/mol. The molecule has 0 aliphatic carbocycles. The molecule has 0 bridgehead atoms. The van der Waals surface area contributed by atoms with Gasteiger partial charge in [0, 0.05) is 38.2 Å². The van der Waals surface area contributed by atoms with Gasteiger partial charge >= 0.3 is 0 Å². The van der Waals surface area contributed by atoms with E-state index in [-0.39, 0.29) is 0 Å². The van der Waals surface area contributed by atoms with Crippen LogP contribution >= 0.6 is 0 Å². The third kappa shape index (κ3) is 4.83. The van der Waals surface area contributed by atoms with Crippen molar-refractivity contribution in [3.63, 3.8) is 0 Å². The monoisotopic (exact) mass is 641 g/mol. The molecule has 5 heteroatoms. The lowest BCUT2D eigenvalue weighted by molar-refractivity contribution is 0.668. The summed E-state index contributed by atoms with van der Waals surface area (Å²) in [6, 6.07) is 55.9. The number of para-hydroxylation sites is 2. The van der Waals surface area contributed by atoms with Crippen molar-refractivity contribution in [2.24, 2.45) is 0 Å². The molecule has 10 rings (SSSR count). The van der Waals surface area contributed by atoms with Gasteiger partial charge in [0.2, 0.25) is 0 Å². The molecule has 0 unspecified atom stereocenters. The van der Waals surface area contributed by atoms with E-state index in [1.165, 1.54) is 0 Å². The molecule has 0 amide bonds. The highest BCUT2D eigenvalue weighted by molar-refractivity contribution is 6.07. The molecule has 0 saturated heterocycles. The first-order valence-corrected chi connectivity index (χ1v) is 16.6. The number of rotatable bonds is 5.